The highest BCUT2D eigenvalue weighted by Gasteiger charge is 2.29. The van der Waals surface area contributed by atoms with Crippen molar-refractivity contribution in [2.75, 3.05) is 39.8 Å². The Morgan fingerprint density at radius 3 is 2.20 bits per heavy atom. The normalized spacial score (nSPS) is 22.0. The molecule has 0 aromatic carbocycles. The number of hydrogen-bond donors (Lipinski definition) is 1. The van der Waals surface area contributed by atoms with Gasteiger partial charge in [0.25, 0.3) is 0 Å². The highest BCUT2D eigenvalue weighted by molar-refractivity contribution is 5.85. The Hall–Kier alpha value is -0.0300. The minimum Gasteiger partial charge on any atom is -0.340 e. The molecule has 2 aliphatic rings. The Labute approximate surface area is 135 Å². The zero-order chi connectivity index (χ0) is 13.0. The van der Waals surface area contributed by atoms with Crippen LogP contribution in [0.4, 0.5) is 0 Å². The molecular weight excluding hydrogens is 297 g/mol. The Morgan fingerprint density at radius 2 is 1.70 bits per heavy atom. The predicted octanol–water partition coefficient (Wildman–Crippen LogP) is 1.77. The van der Waals surface area contributed by atoms with Gasteiger partial charge in [-0.15, -0.1) is 24.8 Å². The number of amides is 1. The summed E-state index contributed by atoms with van der Waals surface area (Å²) in [4.78, 5) is 16.8. The maximum absolute atomic E-state index is 12.2. The number of halogens is 2. The van der Waals surface area contributed by atoms with Crippen molar-refractivity contribution in [1.82, 2.24) is 15.1 Å². The van der Waals surface area contributed by atoms with E-state index >= 15 is 0 Å². The Balaban J connectivity index is 0.00000180. The fourth-order valence-corrected chi connectivity index (χ4v) is 3.28. The number of carbonyl (C=O) groups is 1. The van der Waals surface area contributed by atoms with Crippen molar-refractivity contribution in [3.63, 3.8) is 0 Å². The van der Waals surface area contributed by atoms with E-state index in [9.17, 15) is 4.79 Å². The van der Waals surface area contributed by atoms with Crippen LogP contribution in [0.5, 0.6) is 0 Å². The molecule has 1 saturated heterocycles. The molecule has 1 saturated carbocycles. The first-order valence-corrected chi connectivity index (χ1v) is 7.40. The second-order valence-corrected chi connectivity index (χ2v) is 5.76. The largest absolute Gasteiger partial charge is 0.340 e. The van der Waals surface area contributed by atoms with Gasteiger partial charge in [0.05, 0.1) is 0 Å². The van der Waals surface area contributed by atoms with Gasteiger partial charge in [0.15, 0.2) is 0 Å². The average Bonchev–Trinajstić information content (AvgIpc) is 2.92. The van der Waals surface area contributed by atoms with Gasteiger partial charge in [-0.05, 0) is 19.9 Å². The summed E-state index contributed by atoms with van der Waals surface area (Å²) in [6.45, 7) is 6.78. The van der Waals surface area contributed by atoms with Crippen LogP contribution < -0.4 is 5.32 Å². The van der Waals surface area contributed by atoms with Gasteiger partial charge in [-0.1, -0.05) is 19.8 Å². The molecule has 2 rings (SSSR count). The summed E-state index contributed by atoms with van der Waals surface area (Å²) in [7, 11) is 1.90. The minimum absolute atomic E-state index is 0. The quantitative estimate of drug-likeness (QED) is 0.855. The highest BCUT2D eigenvalue weighted by Crippen LogP contribution is 2.24. The van der Waals surface area contributed by atoms with Crippen molar-refractivity contribution >= 4 is 30.7 Å². The fourth-order valence-electron chi connectivity index (χ4n) is 3.28. The van der Waals surface area contributed by atoms with Gasteiger partial charge >= 0.3 is 0 Å². The molecule has 0 aromatic rings. The minimum atomic E-state index is 0. The Morgan fingerprint density at radius 1 is 1.15 bits per heavy atom. The number of hydrogen-bond acceptors (Lipinski definition) is 3. The molecule has 1 heterocycles. The van der Waals surface area contributed by atoms with Crippen molar-refractivity contribution in [2.24, 2.45) is 5.92 Å². The summed E-state index contributed by atoms with van der Waals surface area (Å²) in [5.41, 5.74) is 0. The summed E-state index contributed by atoms with van der Waals surface area (Å²) < 4.78 is 0. The van der Waals surface area contributed by atoms with Crippen LogP contribution in [0.25, 0.3) is 0 Å². The zero-order valence-electron chi connectivity index (χ0n) is 12.6. The molecule has 1 unspecified atom stereocenters. The van der Waals surface area contributed by atoms with Crippen molar-refractivity contribution in [1.29, 1.82) is 0 Å². The van der Waals surface area contributed by atoms with Gasteiger partial charge in [-0.2, -0.15) is 0 Å². The lowest BCUT2D eigenvalue weighted by molar-refractivity contribution is -0.136. The molecule has 0 radical (unpaired) electrons. The molecule has 1 aliphatic carbocycles. The van der Waals surface area contributed by atoms with Crippen molar-refractivity contribution in [3.05, 3.63) is 0 Å². The monoisotopic (exact) mass is 325 g/mol. The van der Waals surface area contributed by atoms with Crippen LogP contribution in [0.2, 0.25) is 0 Å². The molecule has 120 valence electrons. The van der Waals surface area contributed by atoms with E-state index in [1.54, 1.807) is 0 Å². The van der Waals surface area contributed by atoms with Gasteiger partial charge in [0, 0.05) is 44.7 Å². The maximum Gasteiger partial charge on any atom is 0.226 e. The zero-order valence-corrected chi connectivity index (χ0v) is 14.3. The Bertz CT molecular complexity index is 278. The Kier molecular flexibility index (Phi) is 9.81. The molecule has 0 spiro atoms. The molecule has 0 bridgehead atoms. The molecule has 6 heteroatoms. The lowest BCUT2D eigenvalue weighted by atomic mass is 10.1. The van der Waals surface area contributed by atoms with E-state index in [1.807, 2.05) is 18.9 Å². The second kappa shape index (κ2) is 9.82. The molecule has 1 amide bonds. The van der Waals surface area contributed by atoms with Gasteiger partial charge in [0.2, 0.25) is 5.91 Å². The lowest BCUT2D eigenvalue weighted by Crippen LogP contribution is -2.53. The van der Waals surface area contributed by atoms with E-state index in [4.69, 9.17) is 0 Å². The van der Waals surface area contributed by atoms with Crippen molar-refractivity contribution in [3.8, 4) is 0 Å². The predicted molar refractivity (Wildman–Crippen MR) is 88.0 cm³/mol. The topological polar surface area (TPSA) is 35.6 Å². The third-order valence-corrected chi connectivity index (χ3v) is 4.40. The first-order valence-electron chi connectivity index (χ1n) is 7.40. The van der Waals surface area contributed by atoms with Gasteiger partial charge < -0.3 is 10.2 Å². The maximum atomic E-state index is 12.2. The second-order valence-electron chi connectivity index (χ2n) is 5.76. The molecule has 0 aromatic heterocycles. The van der Waals surface area contributed by atoms with Crippen LogP contribution in [-0.2, 0) is 4.79 Å². The smallest absolute Gasteiger partial charge is 0.226 e. The standard InChI is InChI=1S/C14H27N3O.2ClH/c1-12(11-15-2)14(18)17-9-7-16(8-10-17)13-5-3-4-6-13;;/h12-13,15H,3-11H2,1-2H3;2*1H. The number of nitrogens with one attached hydrogen (secondary N) is 1. The number of piperazine rings is 1. The number of rotatable bonds is 4. The molecule has 4 nitrogen and oxygen atoms in total. The molecule has 1 aliphatic heterocycles. The van der Waals surface area contributed by atoms with E-state index in [1.165, 1.54) is 25.7 Å². The third-order valence-electron chi connectivity index (χ3n) is 4.40. The summed E-state index contributed by atoms with van der Waals surface area (Å²) in [6.07, 6.45) is 5.51. The van der Waals surface area contributed by atoms with Crippen molar-refractivity contribution in [2.45, 2.75) is 38.6 Å². The SMILES string of the molecule is CNCC(C)C(=O)N1CCN(C2CCCC2)CC1.Cl.Cl. The van der Waals surface area contributed by atoms with Crippen LogP contribution in [-0.4, -0.2) is 61.5 Å². The highest BCUT2D eigenvalue weighted by atomic mass is 35.5. The number of carbonyl (C=O) groups excluding carboxylic acids is 1. The van der Waals surface area contributed by atoms with Gasteiger partial charge in [0.1, 0.15) is 0 Å². The van der Waals surface area contributed by atoms with Crippen LogP contribution >= 0.6 is 24.8 Å². The van der Waals surface area contributed by atoms with E-state index < -0.39 is 0 Å². The van der Waals surface area contributed by atoms with Gasteiger partial charge in [-0.25, -0.2) is 0 Å². The van der Waals surface area contributed by atoms with E-state index in [2.05, 4.69) is 10.2 Å². The summed E-state index contributed by atoms with van der Waals surface area (Å²) in [5, 5.41) is 3.08. The van der Waals surface area contributed by atoms with Crippen molar-refractivity contribution < 1.29 is 4.79 Å². The molecule has 1 atom stereocenters. The van der Waals surface area contributed by atoms with E-state index in [0.717, 1.165) is 38.8 Å². The summed E-state index contributed by atoms with van der Waals surface area (Å²) in [6, 6.07) is 0.803. The molecular formula is C14H29Cl2N3O. The van der Waals surface area contributed by atoms with Crippen LogP contribution in [0, 0.1) is 5.92 Å². The molecule has 1 N–H and O–H groups in total. The van der Waals surface area contributed by atoms with Crippen LogP contribution in [0.15, 0.2) is 0 Å². The lowest BCUT2D eigenvalue weighted by Gasteiger charge is -2.39. The van der Waals surface area contributed by atoms with Gasteiger partial charge in [-0.3, -0.25) is 9.69 Å². The van der Waals surface area contributed by atoms with Crippen LogP contribution in [0.1, 0.15) is 32.6 Å². The third kappa shape index (κ3) is 5.06. The summed E-state index contributed by atoms with van der Waals surface area (Å²) in [5.74, 6) is 0.420. The average molecular weight is 326 g/mol. The molecule has 20 heavy (non-hydrogen) atoms. The van der Waals surface area contributed by atoms with E-state index in [0.29, 0.717) is 5.91 Å². The summed E-state index contributed by atoms with van der Waals surface area (Å²) >= 11 is 0. The first-order chi connectivity index (χ1) is 8.72. The number of nitrogens with zero attached hydrogens (tertiary/aromatic N) is 2. The molecule has 2 fully saturated rings. The van der Waals surface area contributed by atoms with Crippen LogP contribution in [0.3, 0.4) is 0 Å². The van der Waals surface area contributed by atoms with E-state index in [-0.39, 0.29) is 30.7 Å². The first kappa shape index (κ1) is 20.0. The fraction of sp³-hybridized carbons (Fsp3) is 0.929.